The predicted octanol–water partition coefficient (Wildman–Crippen LogP) is 3.44. The van der Waals surface area contributed by atoms with E-state index in [0.717, 1.165) is 25.8 Å². The molecule has 1 N–H and O–H groups in total. The summed E-state index contributed by atoms with van der Waals surface area (Å²) in [5.74, 6) is 0.225. The maximum absolute atomic E-state index is 12.2. The molecule has 0 aliphatic heterocycles. The number of amides is 1. The number of carbonyl (C=O) groups excluding carboxylic acids is 1. The number of unbranched alkanes of at least 4 members (excludes halogenated alkanes) is 2. The molecular formula is C15H20INO. The summed E-state index contributed by atoms with van der Waals surface area (Å²) in [6.07, 6.45) is 5.55. The summed E-state index contributed by atoms with van der Waals surface area (Å²) in [6, 6.07) is 10.2. The fourth-order valence-electron chi connectivity index (χ4n) is 2.30. The molecule has 0 spiro atoms. The molecule has 1 aliphatic carbocycles. The van der Waals surface area contributed by atoms with Crippen LogP contribution in [0.2, 0.25) is 0 Å². The standard InChI is InChI=1S/C15H20INO/c16-11-5-2-6-12-17-14(18)15(9-10-15)13-7-3-1-4-8-13/h1,3-4,7-8H,2,5-6,9-12H2,(H,17,18). The summed E-state index contributed by atoms with van der Waals surface area (Å²) in [6.45, 7) is 0.823. The van der Waals surface area contributed by atoms with Crippen LogP contribution in [-0.2, 0) is 10.2 Å². The van der Waals surface area contributed by atoms with Gasteiger partial charge in [-0.05, 0) is 35.7 Å². The summed E-state index contributed by atoms with van der Waals surface area (Å²) in [4.78, 5) is 12.2. The minimum absolute atomic E-state index is 0.204. The van der Waals surface area contributed by atoms with E-state index >= 15 is 0 Å². The minimum atomic E-state index is -0.204. The largest absolute Gasteiger partial charge is 0.355 e. The number of halogens is 1. The Bertz CT molecular complexity index is 387. The van der Waals surface area contributed by atoms with Gasteiger partial charge in [-0.25, -0.2) is 0 Å². The first kappa shape index (κ1) is 13.8. The van der Waals surface area contributed by atoms with Gasteiger partial charge in [0, 0.05) is 6.54 Å². The third-order valence-electron chi connectivity index (χ3n) is 3.61. The van der Waals surface area contributed by atoms with Gasteiger partial charge in [-0.15, -0.1) is 0 Å². The molecule has 1 aromatic carbocycles. The molecule has 1 saturated carbocycles. The molecule has 98 valence electrons. The summed E-state index contributed by atoms with van der Waals surface area (Å²) < 4.78 is 1.21. The van der Waals surface area contributed by atoms with Crippen LogP contribution in [-0.4, -0.2) is 16.9 Å². The van der Waals surface area contributed by atoms with Crippen molar-refractivity contribution in [2.24, 2.45) is 0 Å². The van der Waals surface area contributed by atoms with Crippen molar-refractivity contribution in [3.8, 4) is 0 Å². The van der Waals surface area contributed by atoms with E-state index in [-0.39, 0.29) is 11.3 Å². The van der Waals surface area contributed by atoms with Gasteiger partial charge in [0.25, 0.3) is 0 Å². The highest BCUT2D eigenvalue weighted by Gasteiger charge is 2.50. The van der Waals surface area contributed by atoms with Crippen LogP contribution in [0.3, 0.4) is 0 Å². The van der Waals surface area contributed by atoms with Crippen molar-refractivity contribution in [3.63, 3.8) is 0 Å². The summed E-state index contributed by atoms with van der Waals surface area (Å²) >= 11 is 2.40. The van der Waals surface area contributed by atoms with E-state index in [1.807, 2.05) is 18.2 Å². The van der Waals surface area contributed by atoms with Crippen LogP contribution in [0.15, 0.2) is 30.3 Å². The number of rotatable bonds is 7. The topological polar surface area (TPSA) is 29.1 Å². The molecule has 0 unspecified atom stereocenters. The Morgan fingerprint density at radius 2 is 1.89 bits per heavy atom. The Morgan fingerprint density at radius 1 is 1.17 bits per heavy atom. The first-order valence-electron chi connectivity index (χ1n) is 6.69. The van der Waals surface area contributed by atoms with E-state index in [4.69, 9.17) is 0 Å². The van der Waals surface area contributed by atoms with E-state index in [1.165, 1.54) is 22.8 Å². The van der Waals surface area contributed by atoms with E-state index in [9.17, 15) is 4.79 Å². The highest BCUT2D eigenvalue weighted by molar-refractivity contribution is 14.1. The SMILES string of the molecule is O=C(NCCCCCI)C1(c2ccccc2)CC1. The first-order chi connectivity index (χ1) is 8.79. The van der Waals surface area contributed by atoms with Gasteiger partial charge in [-0.3, -0.25) is 4.79 Å². The van der Waals surface area contributed by atoms with Gasteiger partial charge in [0.1, 0.15) is 0 Å². The second-order valence-electron chi connectivity index (χ2n) is 4.95. The van der Waals surface area contributed by atoms with Crippen LogP contribution >= 0.6 is 22.6 Å². The monoisotopic (exact) mass is 357 g/mol. The Morgan fingerprint density at radius 3 is 2.50 bits per heavy atom. The number of hydrogen-bond donors (Lipinski definition) is 1. The Hall–Kier alpha value is -0.580. The summed E-state index contributed by atoms with van der Waals surface area (Å²) in [7, 11) is 0. The molecule has 1 amide bonds. The molecule has 0 saturated heterocycles. The summed E-state index contributed by atoms with van der Waals surface area (Å²) in [5, 5.41) is 3.10. The fraction of sp³-hybridized carbons (Fsp3) is 0.533. The zero-order valence-electron chi connectivity index (χ0n) is 10.6. The van der Waals surface area contributed by atoms with Crippen molar-refractivity contribution < 1.29 is 4.79 Å². The lowest BCUT2D eigenvalue weighted by molar-refractivity contribution is -0.123. The van der Waals surface area contributed by atoms with E-state index in [2.05, 4.69) is 40.0 Å². The van der Waals surface area contributed by atoms with Crippen molar-refractivity contribution in [1.29, 1.82) is 0 Å². The number of alkyl halides is 1. The molecule has 0 bridgehead atoms. The second-order valence-corrected chi connectivity index (χ2v) is 6.03. The van der Waals surface area contributed by atoms with Crippen LogP contribution in [0.25, 0.3) is 0 Å². The van der Waals surface area contributed by atoms with Crippen molar-refractivity contribution in [3.05, 3.63) is 35.9 Å². The minimum Gasteiger partial charge on any atom is -0.355 e. The Kier molecular flexibility index (Phi) is 5.03. The molecule has 1 aromatic rings. The van der Waals surface area contributed by atoms with E-state index in [1.54, 1.807) is 0 Å². The highest BCUT2D eigenvalue weighted by Crippen LogP contribution is 2.48. The van der Waals surface area contributed by atoms with Crippen LogP contribution in [0.5, 0.6) is 0 Å². The van der Waals surface area contributed by atoms with Crippen LogP contribution in [0, 0.1) is 0 Å². The van der Waals surface area contributed by atoms with Crippen molar-refractivity contribution >= 4 is 28.5 Å². The molecule has 3 heteroatoms. The lowest BCUT2D eigenvalue weighted by Gasteiger charge is -2.15. The average molecular weight is 357 g/mol. The fourth-order valence-corrected chi connectivity index (χ4v) is 2.84. The third kappa shape index (κ3) is 3.25. The zero-order chi connectivity index (χ0) is 12.8. The van der Waals surface area contributed by atoms with Gasteiger partial charge in [-0.1, -0.05) is 59.3 Å². The smallest absolute Gasteiger partial charge is 0.230 e. The van der Waals surface area contributed by atoms with Gasteiger partial charge < -0.3 is 5.32 Å². The quantitative estimate of drug-likeness (QED) is 0.452. The average Bonchev–Trinajstić information content (AvgIpc) is 3.21. The van der Waals surface area contributed by atoms with Crippen LogP contribution in [0.4, 0.5) is 0 Å². The second kappa shape index (κ2) is 6.55. The van der Waals surface area contributed by atoms with Gasteiger partial charge in [0.2, 0.25) is 5.91 Å². The molecule has 1 aliphatic rings. The maximum Gasteiger partial charge on any atom is 0.230 e. The zero-order valence-corrected chi connectivity index (χ0v) is 12.8. The van der Waals surface area contributed by atoms with Gasteiger partial charge >= 0.3 is 0 Å². The lowest BCUT2D eigenvalue weighted by Crippen LogP contribution is -2.35. The normalized spacial score (nSPS) is 16.3. The van der Waals surface area contributed by atoms with Crippen LogP contribution in [0.1, 0.15) is 37.7 Å². The molecule has 0 heterocycles. The van der Waals surface area contributed by atoms with Crippen molar-refractivity contribution in [2.75, 3.05) is 11.0 Å². The van der Waals surface area contributed by atoms with Crippen molar-refractivity contribution in [1.82, 2.24) is 5.32 Å². The molecule has 0 atom stereocenters. The number of carbonyl (C=O) groups is 1. The third-order valence-corrected chi connectivity index (χ3v) is 4.37. The van der Waals surface area contributed by atoms with Crippen molar-refractivity contribution in [2.45, 2.75) is 37.5 Å². The van der Waals surface area contributed by atoms with Gasteiger partial charge in [-0.2, -0.15) is 0 Å². The molecule has 1 fully saturated rings. The molecule has 18 heavy (non-hydrogen) atoms. The number of benzene rings is 1. The molecule has 0 radical (unpaired) electrons. The van der Waals surface area contributed by atoms with Gasteiger partial charge in [0.15, 0.2) is 0 Å². The highest BCUT2D eigenvalue weighted by atomic mass is 127. The maximum atomic E-state index is 12.2. The van der Waals surface area contributed by atoms with E-state index in [0.29, 0.717) is 0 Å². The Labute approximate surface area is 123 Å². The molecule has 2 rings (SSSR count). The lowest BCUT2D eigenvalue weighted by atomic mass is 9.95. The van der Waals surface area contributed by atoms with E-state index < -0.39 is 0 Å². The Balaban J connectivity index is 1.82. The molecular weight excluding hydrogens is 337 g/mol. The molecule has 2 nitrogen and oxygen atoms in total. The number of nitrogens with one attached hydrogen (secondary N) is 1. The predicted molar refractivity (Wildman–Crippen MR) is 83.1 cm³/mol. The van der Waals surface area contributed by atoms with Crippen LogP contribution < -0.4 is 5.32 Å². The summed E-state index contributed by atoms with van der Waals surface area (Å²) in [5.41, 5.74) is 0.972. The first-order valence-corrected chi connectivity index (χ1v) is 8.22. The number of hydrogen-bond acceptors (Lipinski definition) is 1. The molecule has 0 aromatic heterocycles. The van der Waals surface area contributed by atoms with Gasteiger partial charge in [0.05, 0.1) is 5.41 Å².